The second kappa shape index (κ2) is 5.53. The van der Waals surface area contributed by atoms with E-state index in [4.69, 9.17) is 10.8 Å². The van der Waals surface area contributed by atoms with Crippen LogP contribution in [0.15, 0.2) is 18.2 Å². The molecule has 5 nitrogen and oxygen atoms in total. The van der Waals surface area contributed by atoms with Crippen molar-refractivity contribution >= 4 is 17.6 Å². The lowest BCUT2D eigenvalue weighted by atomic mass is 10.0. The largest absolute Gasteiger partial charge is 0.480 e. The van der Waals surface area contributed by atoms with E-state index in [1.54, 1.807) is 39.0 Å². The molecule has 0 aromatic heterocycles. The quantitative estimate of drug-likeness (QED) is 0.704. The van der Waals surface area contributed by atoms with Gasteiger partial charge < -0.3 is 16.2 Å². The van der Waals surface area contributed by atoms with E-state index in [-0.39, 0.29) is 5.92 Å². The average Bonchev–Trinajstić information content (AvgIpc) is 2.28. The number of aliphatic carboxylic acids is 1. The standard InChI is InChI=1S/C13H18N2O3/c1-7(2)11(13(17)18)15-12(16)9-5-4-6-10(14)8(9)3/h4-7,11H,14H2,1-3H3,(H,15,16)(H,17,18)/t11-/m0/s1. The SMILES string of the molecule is Cc1c(N)cccc1C(=O)N[C@H](C(=O)O)C(C)C. The Balaban J connectivity index is 2.94. The first-order valence-electron chi connectivity index (χ1n) is 5.73. The molecule has 0 fully saturated rings. The second-order valence-corrected chi connectivity index (χ2v) is 4.55. The summed E-state index contributed by atoms with van der Waals surface area (Å²) >= 11 is 0. The Bertz CT molecular complexity index is 469. The molecule has 4 N–H and O–H groups in total. The first-order chi connectivity index (χ1) is 8.34. The van der Waals surface area contributed by atoms with Crippen molar-refractivity contribution in [1.29, 1.82) is 0 Å². The first-order valence-corrected chi connectivity index (χ1v) is 5.73. The number of carbonyl (C=O) groups excluding carboxylic acids is 1. The summed E-state index contributed by atoms with van der Waals surface area (Å²) in [6.45, 7) is 5.21. The Morgan fingerprint density at radius 3 is 2.44 bits per heavy atom. The number of anilines is 1. The van der Waals surface area contributed by atoms with Gasteiger partial charge in [-0.25, -0.2) is 4.79 Å². The van der Waals surface area contributed by atoms with Crippen LogP contribution < -0.4 is 11.1 Å². The van der Waals surface area contributed by atoms with Gasteiger partial charge in [0.05, 0.1) is 0 Å². The van der Waals surface area contributed by atoms with Crippen LogP contribution in [0.1, 0.15) is 29.8 Å². The zero-order chi connectivity index (χ0) is 13.9. The van der Waals surface area contributed by atoms with Crippen molar-refractivity contribution in [2.24, 2.45) is 5.92 Å². The molecular weight excluding hydrogens is 232 g/mol. The second-order valence-electron chi connectivity index (χ2n) is 4.55. The lowest BCUT2D eigenvalue weighted by molar-refractivity contribution is -0.140. The molecular formula is C13H18N2O3. The fraction of sp³-hybridized carbons (Fsp3) is 0.385. The van der Waals surface area contributed by atoms with Crippen LogP contribution in [-0.4, -0.2) is 23.0 Å². The fourth-order valence-electron chi connectivity index (χ4n) is 1.63. The number of carboxylic acids is 1. The maximum Gasteiger partial charge on any atom is 0.326 e. The molecule has 1 aromatic rings. The van der Waals surface area contributed by atoms with Crippen LogP contribution in [-0.2, 0) is 4.79 Å². The molecule has 0 aliphatic carbocycles. The van der Waals surface area contributed by atoms with Gasteiger partial charge in [0, 0.05) is 11.3 Å². The minimum atomic E-state index is -1.04. The van der Waals surface area contributed by atoms with Gasteiger partial charge in [-0.15, -0.1) is 0 Å². The molecule has 1 amide bonds. The van der Waals surface area contributed by atoms with E-state index in [1.165, 1.54) is 0 Å². The van der Waals surface area contributed by atoms with E-state index in [9.17, 15) is 9.59 Å². The third-order valence-corrected chi connectivity index (χ3v) is 2.84. The van der Waals surface area contributed by atoms with Gasteiger partial charge >= 0.3 is 5.97 Å². The summed E-state index contributed by atoms with van der Waals surface area (Å²) in [5.74, 6) is -1.64. The highest BCUT2D eigenvalue weighted by Gasteiger charge is 2.24. The van der Waals surface area contributed by atoms with Gasteiger partial charge in [-0.05, 0) is 30.5 Å². The molecule has 0 bridgehead atoms. The Hall–Kier alpha value is -2.04. The normalized spacial score (nSPS) is 12.2. The summed E-state index contributed by atoms with van der Waals surface area (Å²) in [7, 11) is 0. The lowest BCUT2D eigenvalue weighted by Gasteiger charge is -2.18. The third kappa shape index (κ3) is 3.00. The molecule has 1 aromatic carbocycles. The number of hydrogen-bond acceptors (Lipinski definition) is 3. The van der Waals surface area contributed by atoms with Crippen molar-refractivity contribution in [3.8, 4) is 0 Å². The molecule has 0 spiro atoms. The van der Waals surface area contributed by atoms with Gasteiger partial charge in [0.25, 0.3) is 5.91 Å². The van der Waals surface area contributed by atoms with Crippen LogP contribution in [0.25, 0.3) is 0 Å². The molecule has 1 rings (SSSR count). The molecule has 0 aliphatic rings. The molecule has 0 aliphatic heterocycles. The van der Waals surface area contributed by atoms with E-state index < -0.39 is 17.9 Å². The molecule has 0 radical (unpaired) electrons. The number of carboxylic acid groups (broad SMARTS) is 1. The molecule has 0 unspecified atom stereocenters. The van der Waals surface area contributed by atoms with E-state index in [1.807, 2.05) is 0 Å². The van der Waals surface area contributed by atoms with Crippen molar-refractivity contribution in [2.75, 3.05) is 5.73 Å². The van der Waals surface area contributed by atoms with Crippen molar-refractivity contribution in [3.63, 3.8) is 0 Å². The van der Waals surface area contributed by atoms with Gasteiger partial charge in [-0.3, -0.25) is 4.79 Å². The number of hydrogen-bond donors (Lipinski definition) is 3. The van der Waals surface area contributed by atoms with Crippen LogP contribution in [0, 0.1) is 12.8 Å². The summed E-state index contributed by atoms with van der Waals surface area (Å²) in [5, 5.41) is 11.5. The first kappa shape index (κ1) is 14.0. The van der Waals surface area contributed by atoms with Crippen LogP contribution in [0.4, 0.5) is 5.69 Å². The minimum absolute atomic E-state index is 0.187. The van der Waals surface area contributed by atoms with Crippen molar-refractivity contribution in [1.82, 2.24) is 5.32 Å². The molecule has 0 saturated carbocycles. The maximum absolute atomic E-state index is 12.0. The number of nitrogens with two attached hydrogens (primary N) is 1. The zero-order valence-electron chi connectivity index (χ0n) is 10.7. The number of benzene rings is 1. The van der Waals surface area contributed by atoms with Crippen LogP contribution in [0.2, 0.25) is 0 Å². The monoisotopic (exact) mass is 250 g/mol. The number of nitrogen functional groups attached to an aromatic ring is 1. The summed E-state index contributed by atoms with van der Waals surface area (Å²) in [5.41, 5.74) is 7.29. The molecule has 1 atom stereocenters. The van der Waals surface area contributed by atoms with E-state index >= 15 is 0 Å². The zero-order valence-corrected chi connectivity index (χ0v) is 10.7. The summed E-state index contributed by atoms with van der Waals surface area (Å²) in [6.07, 6.45) is 0. The van der Waals surface area contributed by atoms with Crippen molar-refractivity contribution < 1.29 is 14.7 Å². The van der Waals surface area contributed by atoms with Gasteiger partial charge in [0.1, 0.15) is 6.04 Å². The number of carbonyl (C=O) groups is 2. The predicted molar refractivity (Wildman–Crippen MR) is 69.3 cm³/mol. The smallest absolute Gasteiger partial charge is 0.326 e. The van der Waals surface area contributed by atoms with E-state index in [0.29, 0.717) is 16.8 Å². The molecule has 18 heavy (non-hydrogen) atoms. The highest BCUT2D eigenvalue weighted by molar-refractivity contribution is 5.98. The molecule has 0 heterocycles. The van der Waals surface area contributed by atoms with E-state index in [2.05, 4.69) is 5.32 Å². The Labute approximate surface area is 106 Å². The highest BCUT2D eigenvalue weighted by atomic mass is 16.4. The topological polar surface area (TPSA) is 92.4 Å². The van der Waals surface area contributed by atoms with Crippen molar-refractivity contribution in [3.05, 3.63) is 29.3 Å². The molecule has 98 valence electrons. The lowest BCUT2D eigenvalue weighted by Crippen LogP contribution is -2.44. The van der Waals surface area contributed by atoms with Gasteiger partial charge in [0.15, 0.2) is 0 Å². The van der Waals surface area contributed by atoms with Gasteiger partial charge in [0.2, 0.25) is 0 Å². The predicted octanol–water partition coefficient (Wildman–Crippen LogP) is 1.42. The highest BCUT2D eigenvalue weighted by Crippen LogP contribution is 2.16. The molecule has 5 heteroatoms. The van der Waals surface area contributed by atoms with Crippen molar-refractivity contribution in [2.45, 2.75) is 26.8 Å². The van der Waals surface area contributed by atoms with Gasteiger partial charge in [-0.2, -0.15) is 0 Å². The minimum Gasteiger partial charge on any atom is -0.480 e. The fourth-order valence-corrected chi connectivity index (χ4v) is 1.63. The number of rotatable bonds is 4. The molecule has 0 saturated heterocycles. The summed E-state index contributed by atoms with van der Waals surface area (Å²) in [4.78, 5) is 23.0. The van der Waals surface area contributed by atoms with Crippen LogP contribution >= 0.6 is 0 Å². The Kier molecular flexibility index (Phi) is 4.31. The number of amides is 1. The van der Waals surface area contributed by atoms with Gasteiger partial charge in [-0.1, -0.05) is 19.9 Å². The van der Waals surface area contributed by atoms with Crippen LogP contribution in [0.3, 0.4) is 0 Å². The maximum atomic E-state index is 12.0. The summed E-state index contributed by atoms with van der Waals surface area (Å²) < 4.78 is 0. The number of nitrogens with one attached hydrogen (secondary N) is 1. The van der Waals surface area contributed by atoms with E-state index in [0.717, 1.165) is 0 Å². The third-order valence-electron chi connectivity index (χ3n) is 2.84. The summed E-state index contributed by atoms with van der Waals surface area (Å²) in [6, 6.07) is 4.09. The Morgan fingerprint density at radius 1 is 1.33 bits per heavy atom. The Morgan fingerprint density at radius 2 is 1.94 bits per heavy atom. The van der Waals surface area contributed by atoms with Crippen LogP contribution in [0.5, 0.6) is 0 Å². The average molecular weight is 250 g/mol.